The standard InChI is InChI=1S/C43H33N/c1-30-10-6-14-35(24-30)37-16-8-18-39(26-37)42-28-41(34-22-20-33(21-23-34)32-12-4-3-5-13-32)29-43(44-42)40-19-9-17-38(27-40)36-15-7-11-31(2)25-36/h3-29H,1-2H3. The molecule has 0 aliphatic heterocycles. The van der Waals surface area contributed by atoms with E-state index in [9.17, 15) is 0 Å². The molecule has 0 aliphatic rings. The molecule has 6 aromatic carbocycles. The van der Waals surface area contributed by atoms with E-state index in [0.29, 0.717) is 0 Å². The van der Waals surface area contributed by atoms with Gasteiger partial charge in [0.1, 0.15) is 0 Å². The summed E-state index contributed by atoms with van der Waals surface area (Å²) in [5.41, 5.74) is 16.2. The monoisotopic (exact) mass is 563 g/mol. The van der Waals surface area contributed by atoms with Crippen molar-refractivity contribution < 1.29 is 0 Å². The van der Waals surface area contributed by atoms with Crippen molar-refractivity contribution in [1.29, 1.82) is 0 Å². The van der Waals surface area contributed by atoms with Crippen LogP contribution in [0, 0.1) is 13.8 Å². The maximum Gasteiger partial charge on any atom is 0.0715 e. The van der Waals surface area contributed by atoms with Crippen LogP contribution in [0.2, 0.25) is 0 Å². The molecule has 0 saturated heterocycles. The van der Waals surface area contributed by atoms with E-state index in [1.165, 1.54) is 50.1 Å². The zero-order chi connectivity index (χ0) is 29.9. The molecule has 0 bridgehead atoms. The fourth-order valence-electron chi connectivity index (χ4n) is 5.84. The summed E-state index contributed by atoms with van der Waals surface area (Å²) in [5, 5.41) is 0. The Morgan fingerprint density at radius 3 is 1.11 bits per heavy atom. The van der Waals surface area contributed by atoms with Gasteiger partial charge in [-0.25, -0.2) is 4.98 Å². The molecule has 1 aromatic heterocycles. The lowest BCUT2D eigenvalue weighted by atomic mass is 9.95. The van der Waals surface area contributed by atoms with Gasteiger partial charge in [-0.2, -0.15) is 0 Å². The maximum atomic E-state index is 5.27. The summed E-state index contributed by atoms with van der Waals surface area (Å²) in [7, 11) is 0. The van der Waals surface area contributed by atoms with Crippen LogP contribution in [0.4, 0.5) is 0 Å². The minimum atomic E-state index is 0.958. The van der Waals surface area contributed by atoms with Crippen molar-refractivity contribution in [2.45, 2.75) is 13.8 Å². The number of pyridine rings is 1. The zero-order valence-electron chi connectivity index (χ0n) is 25.0. The summed E-state index contributed by atoms with van der Waals surface area (Å²) in [6, 6.07) is 58.6. The number of nitrogens with zero attached hydrogens (tertiary/aromatic N) is 1. The molecule has 0 radical (unpaired) electrons. The normalized spacial score (nSPS) is 11.0. The van der Waals surface area contributed by atoms with E-state index in [2.05, 4.69) is 178 Å². The van der Waals surface area contributed by atoms with Gasteiger partial charge in [0.2, 0.25) is 0 Å². The average molecular weight is 564 g/mol. The van der Waals surface area contributed by atoms with E-state index in [1.54, 1.807) is 0 Å². The number of hydrogen-bond acceptors (Lipinski definition) is 1. The topological polar surface area (TPSA) is 12.9 Å². The van der Waals surface area contributed by atoms with Gasteiger partial charge in [-0.15, -0.1) is 0 Å². The van der Waals surface area contributed by atoms with Crippen molar-refractivity contribution >= 4 is 0 Å². The van der Waals surface area contributed by atoms with E-state index in [0.717, 1.165) is 28.1 Å². The highest BCUT2D eigenvalue weighted by molar-refractivity contribution is 5.81. The fraction of sp³-hybridized carbons (Fsp3) is 0.0465. The van der Waals surface area contributed by atoms with Gasteiger partial charge < -0.3 is 0 Å². The molecule has 1 nitrogen and oxygen atoms in total. The predicted molar refractivity (Wildman–Crippen MR) is 186 cm³/mol. The third-order valence-electron chi connectivity index (χ3n) is 8.17. The van der Waals surface area contributed by atoms with Crippen LogP contribution in [0.15, 0.2) is 164 Å². The first-order valence-electron chi connectivity index (χ1n) is 15.1. The molecule has 44 heavy (non-hydrogen) atoms. The number of aryl methyl sites for hydroxylation is 2. The minimum Gasteiger partial charge on any atom is -0.248 e. The highest BCUT2D eigenvalue weighted by Crippen LogP contribution is 2.34. The van der Waals surface area contributed by atoms with Crippen LogP contribution in [-0.2, 0) is 0 Å². The fourth-order valence-corrected chi connectivity index (χ4v) is 5.84. The van der Waals surface area contributed by atoms with Crippen LogP contribution in [0.1, 0.15) is 11.1 Å². The highest BCUT2D eigenvalue weighted by atomic mass is 14.7. The summed E-state index contributed by atoms with van der Waals surface area (Å²) in [6.07, 6.45) is 0. The molecule has 0 atom stereocenters. The van der Waals surface area contributed by atoms with Crippen molar-refractivity contribution in [3.63, 3.8) is 0 Å². The number of rotatable bonds is 6. The lowest BCUT2D eigenvalue weighted by molar-refractivity contribution is 1.32. The van der Waals surface area contributed by atoms with Gasteiger partial charge in [-0.1, -0.05) is 151 Å². The van der Waals surface area contributed by atoms with E-state index in [1.807, 2.05) is 0 Å². The summed E-state index contributed by atoms with van der Waals surface area (Å²) < 4.78 is 0. The second kappa shape index (κ2) is 12.0. The molecule has 0 fully saturated rings. The zero-order valence-corrected chi connectivity index (χ0v) is 25.0. The van der Waals surface area contributed by atoms with Gasteiger partial charge >= 0.3 is 0 Å². The molecule has 1 heterocycles. The molecule has 0 unspecified atom stereocenters. The predicted octanol–water partition coefficient (Wildman–Crippen LogP) is 11.7. The third kappa shape index (κ3) is 5.86. The summed E-state index contributed by atoms with van der Waals surface area (Å²) in [5.74, 6) is 0. The van der Waals surface area contributed by atoms with Gasteiger partial charge in [0.25, 0.3) is 0 Å². The first-order valence-corrected chi connectivity index (χ1v) is 15.1. The van der Waals surface area contributed by atoms with Crippen molar-refractivity contribution in [1.82, 2.24) is 4.98 Å². The molecule has 0 spiro atoms. The molecular weight excluding hydrogens is 530 g/mol. The van der Waals surface area contributed by atoms with Crippen LogP contribution in [0.25, 0.3) is 67.0 Å². The van der Waals surface area contributed by atoms with Crippen LogP contribution in [0.3, 0.4) is 0 Å². The summed E-state index contributed by atoms with van der Waals surface area (Å²) in [6.45, 7) is 4.27. The van der Waals surface area contributed by atoms with E-state index >= 15 is 0 Å². The van der Waals surface area contributed by atoms with E-state index in [4.69, 9.17) is 4.98 Å². The molecule has 1 heteroatoms. The Bertz CT molecular complexity index is 1960. The van der Waals surface area contributed by atoms with Gasteiger partial charge in [0.05, 0.1) is 11.4 Å². The highest BCUT2D eigenvalue weighted by Gasteiger charge is 2.12. The lowest BCUT2D eigenvalue weighted by Gasteiger charge is -2.13. The smallest absolute Gasteiger partial charge is 0.0715 e. The Labute approximate surface area is 260 Å². The lowest BCUT2D eigenvalue weighted by Crippen LogP contribution is -1.92. The van der Waals surface area contributed by atoms with Crippen LogP contribution >= 0.6 is 0 Å². The molecule has 0 aliphatic carbocycles. The van der Waals surface area contributed by atoms with Crippen molar-refractivity contribution in [3.8, 4) is 67.0 Å². The van der Waals surface area contributed by atoms with Crippen molar-refractivity contribution in [2.24, 2.45) is 0 Å². The quantitative estimate of drug-likeness (QED) is 0.196. The van der Waals surface area contributed by atoms with E-state index < -0.39 is 0 Å². The summed E-state index contributed by atoms with van der Waals surface area (Å²) in [4.78, 5) is 5.27. The Morgan fingerprint density at radius 1 is 0.273 bits per heavy atom. The molecular formula is C43H33N. The Kier molecular flexibility index (Phi) is 7.44. The largest absolute Gasteiger partial charge is 0.248 e. The van der Waals surface area contributed by atoms with Gasteiger partial charge in [-0.05, 0) is 82.6 Å². The molecule has 0 saturated carbocycles. The molecule has 0 amide bonds. The second-order valence-electron chi connectivity index (χ2n) is 11.5. The summed E-state index contributed by atoms with van der Waals surface area (Å²) >= 11 is 0. The molecule has 0 N–H and O–H groups in total. The molecule has 210 valence electrons. The van der Waals surface area contributed by atoms with Crippen molar-refractivity contribution in [3.05, 3.63) is 175 Å². The van der Waals surface area contributed by atoms with Gasteiger partial charge in [0, 0.05) is 11.1 Å². The van der Waals surface area contributed by atoms with Gasteiger partial charge in [-0.3, -0.25) is 0 Å². The number of benzene rings is 6. The average Bonchev–Trinajstić information content (AvgIpc) is 3.09. The first kappa shape index (κ1) is 27.3. The Hall–Kier alpha value is -5.53. The maximum absolute atomic E-state index is 5.27. The van der Waals surface area contributed by atoms with Crippen LogP contribution in [0.5, 0.6) is 0 Å². The third-order valence-corrected chi connectivity index (χ3v) is 8.17. The van der Waals surface area contributed by atoms with Crippen LogP contribution in [-0.4, -0.2) is 4.98 Å². The number of aromatic nitrogens is 1. The molecule has 7 aromatic rings. The van der Waals surface area contributed by atoms with Crippen LogP contribution < -0.4 is 0 Å². The second-order valence-corrected chi connectivity index (χ2v) is 11.5. The van der Waals surface area contributed by atoms with Gasteiger partial charge in [0.15, 0.2) is 0 Å². The minimum absolute atomic E-state index is 0.958. The Balaban J connectivity index is 1.35. The van der Waals surface area contributed by atoms with Crippen molar-refractivity contribution in [2.75, 3.05) is 0 Å². The SMILES string of the molecule is Cc1cccc(-c2cccc(-c3cc(-c4ccc(-c5ccccc5)cc4)cc(-c4cccc(-c5cccc(C)c5)c4)n3)c2)c1. The first-order chi connectivity index (χ1) is 21.6. The van der Waals surface area contributed by atoms with E-state index in [-0.39, 0.29) is 0 Å². The Morgan fingerprint density at radius 2 is 0.636 bits per heavy atom. The number of hydrogen-bond donors (Lipinski definition) is 0. The molecule has 7 rings (SSSR count).